The first kappa shape index (κ1) is 39.4. The maximum Gasteiger partial charge on any atom is 0.397 e. The van der Waals surface area contributed by atoms with E-state index in [1.54, 1.807) is 6.08 Å². The van der Waals surface area contributed by atoms with Crippen molar-refractivity contribution < 1.29 is 76.0 Å². The average molecular weight is 673 g/mol. The van der Waals surface area contributed by atoms with Gasteiger partial charge in [0.05, 0.1) is 13.2 Å². The van der Waals surface area contributed by atoms with Crippen LogP contribution in [0.3, 0.4) is 0 Å². The molecule has 0 amide bonds. The predicted octanol–water partition coefficient (Wildman–Crippen LogP) is -0.404. The molecule has 262 valence electrons. The van der Waals surface area contributed by atoms with E-state index in [1.165, 1.54) is 6.92 Å². The normalized spacial score (nSPS) is 34.2. The lowest BCUT2D eigenvalue weighted by molar-refractivity contribution is -0.374. The third-order valence-electron chi connectivity index (χ3n) is 7.32. The summed E-state index contributed by atoms with van der Waals surface area (Å²) in [7, 11) is -5.22. The van der Waals surface area contributed by atoms with Gasteiger partial charge >= 0.3 is 16.4 Å². The Hall–Kier alpha value is -1.77. The second-order valence-electron chi connectivity index (χ2n) is 13.5. The molecule has 2 rings (SSSR count). The highest BCUT2D eigenvalue weighted by Gasteiger charge is 2.54. The van der Waals surface area contributed by atoms with Gasteiger partial charge in [0, 0.05) is 5.57 Å². The summed E-state index contributed by atoms with van der Waals surface area (Å²) >= 11 is 0. The summed E-state index contributed by atoms with van der Waals surface area (Å²) in [6, 6.07) is 0. The number of rotatable bonds is 14. The number of hydrogen-bond donors (Lipinski definition) is 6. The van der Waals surface area contributed by atoms with E-state index in [0.717, 1.165) is 12.8 Å². The van der Waals surface area contributed by atoms with Crippen molar-refractivity contribution in [3.8, 4) is 0 Å². The van der Waals surface area contributed by atoms with Crippen molar-refractivity contribution in [2.24, 2.45) is 16.7 Å². The SMILES string of the molecule is C/C(=C\[C@@H](C)CC(C)(C)CC(C)(C)C)C(=O)OC1C(O)C(CO)OC(OC2OC(CO)C(O)C(OS(=O)(=O)O)C2O)C1OC=O. The molecule has 2 heterocycles. The molecule has 17 heteroatoms. The molecule has 0 spiro atoms. The number of carbonyl (C=O) groups excluding carboxylic acids is 2. The zero-order valence-electron chi connectivity index (χ0n) is 26.5. The number of allylic oxidation sites excluding steroid dienone is 1. The van der Waals surface area contributed by atoms with E-state index < -0.39 is 91.0 Å². The monoisotopic (exact) mass is 672 g/mol. The van der Waals surface area contributed by atoms with E-state index in [2.05, 4.69) is 38.8 Å². The lowest BCUT2D eigenvalue weighted by atomic mass is 9.72. The number of esters is 1. The van der Waals surface area contributed by atoms with Crippen LogP contribution in [0, 0.1) is 16.7 Å². The third kappa shape index (κ3) is 11.5. The Balaban J connectivity index is 2.30. The highest BCUT2D eigenvalue weighted by atomic mass is 32.3. The molecule has 0 bridgehead atoms. The van der Waals surface area contributed by atoms with Gasteiger partial charge in [-0.05, 0) is 36.5 Å². The van der Waals surface area contributed by atoms with Crippen LogP contribution in [0.1, 0.15) is 61.3 Å². The molecule has 10 unspecified atom stereocenters. The van der Waals surface area contributed by atoms with E-state index in [1.807, 2.05) is 6.92 Å². The van der Waals surface area contributed by atoms with Crippen LogP contribution in [0.5, 0.6) is 0 Å². The van der Waals surface area contributed by atoms with E-state index >= 15 is 0 Å². The van der Waals surface area contributed by atoms with Crippen LogP contribution >= 0.6 is 0 Å². The standard InChI is InChI=1S/C28H48O16S/c1-14(9-28(6,7)12-27(3,4)5)8-15(2)24(35)42-22-19(33)17(11-30)41-26(23(22)39-13-31)43-25-20(34)21(44-45(36,37)38)18(32)16(10-29)40-25/h8,13-14,16-23,25-26,29-30,32-34H,9-12H2,1-7H3,(H,36,37,38)/b15-8+/t14-,16?,17?,18?,19?,20?,21?,22?,23?,25?,26?/m1/s1. The Labute approximate surface area is 263 Å². The fourth-order valence-corrected chi connectivity index (χ4v) is 6.70. The van der Waals surface area contributed by atoms with Gasteiger partial charge in [-0.15, -0.1) is 0 Å². The molecule has 0 aromatic rings. The van der Waals surface area contributed by atoms with Crippen molar-refractivity contribution in [1.82, 2.24) is 0 Å². The van der Waals surface area contributed by atoms with Gasteiger partial charge in [-0.2, -0.15) is 8.42 Å². The summed E-state index contributed by atoms with van der Waals surface area (Å²) in [4.78, 5) is 24.6. The van der Waals surface area contributed by atoms with Crippen LogP contribution in [-0.2, 0) is 47.9 Å². The highest BCUT2D eigenvalue weighted by molar-refractivity contribution is 7.80. The summed E-state index contributed by atoms with van der Waals surface area (Å²) in [5, 5.41) is 51.2. The fourth-order valence-electron chi connectivity index (χ4n) is 6.20. The number of ether oxygens (including phenoxy) is 5. The van der Waals surface area contributed by atoms with Gasteiger partial charge in [0.15, 0.2) is 18.5 Å². The molecule has 16 nitrogen and oxygen atoms in total. The van der Waals surface area contributed by atoms with Gasteiger partial charge in [0.1, 0.15) is 36.6 Å². The summed E-state index contributed by atoms with van der Waals surface area (Å²) < 4.78 is 63.0. The zero-order valence-corrected chi connectivity index (χ0v) is 27.3. The molecular formula is C28H48O16S. The molecule has 2 aliphatic rings. The van der Waals surface area contributed by atoms with Crippen LogP contribution < -0.4 is 0 Å². The second kappa shape index (κ2) is 15.9. The molecule has 0 aromatic carbocycles. The van der Waals surface area contributed by atoms with Gasteiger partial charge in [-0.25, -0.2) is 8.98 Å². The van der Waals surface area contributed by atoms with Crippen molar-refractivity contribution in [1.29, 1.82) is 0 Å². The average Bonchev–Trinajstić information content (AvgIpc) is 2.88. The summed E-state index contributed by atoms with van der Waals surface area (Å²) in [5.41, 5.74) is 0.239. The van der Waals surface area contributed by atoms with E-state index in [-0.39, 0.29) is 28.8 Å². The number of hydrogen-bond acceptors (Lipinski definition) is 15. The molecule has 6 N–H and O–H groups in total. The van der Waals surface area contributed by atoms with Gasteiger partial charge in [-0.3, -0.25) is 9.35 Å². The molecule has 45 heavy (non-hydrogen) atoms. The predicted molar refractivity (Wildman–Crippen MR) is 153 cm³/mol. The Morgan fingerprint density at radius 3 is 1.93 bits per heavy atom. The molecule has 0 saturated carbocycles. The first-order chi connectivity index (χ1) is 20.6. The smallest absolute Gasteiger partial charge is 0.397 e. The van der Waals surface area contributed by atoms with E-state index in [9.17, 15) is 43.5 Å². The zero-order chi connectivity index (χ0) is 34.5. The van der Waals surface area contributed by atoms with E-state index in [0.29, 0.717) is 0 Å². The minimum Gasteiger partial charge on any atom is -0.455 e. The quantitative estimate of drug-likeness (QED) is 0.0595. The summed E-state index contributed by atoms with van der Waals surface area (Å²) in [6.45, 7) is 12.4. The van der Waals surface area contributed by atoms with Crippen molar-refractivity contribution in [2.45, 2.75) is 123 Å². The first-order valence-corrected chi connectivity index (χ1v) is 15.9. The minimum absolute atomic E-state index is 0.0424. The highest BCUT2D eigenvalue weighted by Crippen LogP contribution is 2.38. The molecule has 2 saturated heterocycles. The largest absolute Gasteiger partial charge is 0.455 e. The molecule has 0 radical (unpaired) electrons. The lowest BCUT2D eigenvalue weighted by Crippen LogP contribution is -2.65. The van der Waals surface area contributed by atoms with Crippen LogP contribution in [0.4, 0.5) is 0 Å². The fraction of sp³-hybridized carbons (Fsp3) is 0.857. The van der Waals surface area contributed by atoms with Crippen LogP contribution in [0.25, 0.3) is 0 Å². The Kier molecular flexibility index (Phi) is 13.9. The van der Waals surface area contributed by atoms with Crippen molar-refractivity contribution in [2.75, 3.05) is 13.2 Å². The lowest BCUT2D eigenvalue weighted by Gasteiger charge is -2.46. The van der Waals surface area contributed by atoms with Gasteiger partial charge in [0.25, 0.3) is 6.47 Å². The van der Waals surface area contributed by atoms with Crippen molar-refractivity contribution >= 4 is 22.8 Å². The first-order valence-electron chi connectivity index (χ1n) is 14.5. The second-order valence-corrected chi connectivity index (χ2v) is 14.6. The number of aliphatic hydroxyl groups is 5. The molecule has 0 aliphatic carbocycles. The number of carbonyl (C=O) groups is 2. The molecule has 2 fully saturated rings. The van der Waals surface area contributed by atoms with Gasteiger partial charge < -0.3 is 49.2 Å². The van der Waals surface area contributed by atoms with Crippen LogP contribution in [-0.4, -0.2) is 126 Å². The summed E-state index contributed by atoms with van der Waals surface area (Å²) in [5.74, 6) is -0.925. The van der Waals surface area contributed by atoms with Crippen LogP contribution in [0.2, 0.25) is 0 Å². The molecule has 2 aliphatic heterocycles. The Bertz CT molecular complexity index is 1120. The van der Waals surface area contributed by atoms with Crippen LogP contribution in [0.15, 0.2) is 11.6 Å². The van der Waals surface area contributed by atoms with Gasteiger partial charge in [0.2, 0.25) is 6.29 Å². The topological polar surface area (TPSA) is 245 Å². The molecule has 11 atom stereocenters. The van der Waals surface area contributed by atoms with Gasteiger partial charge in [-0.1, -0.05) is 47.6 Å². The molecule has 0 aromatic heterocycles. The van der Waals surface area contributed by atoms with Crippen molar-refractivity contribution in [3.05, 3.63) is 11.6 Å². The Morgan fingerprint density at radius 1 is 0.911 bits per heavy atom. The molecular weight excluding hydrogens is 624 g/mol. The minimum atomic E-state index is -5.22. The Morgan fingerprint density at radius 2 is 1.44 bits per heavy atom. The van der Waals surface area contributed by atoms with Crippen molar-refractivity contribution in [3.63, 3.8) is 0 Å². The maximum absolute atomic E-state index is 13.2. The van der Waals surface area contributed by atoms with E-state index in [4.69, 9.17) is 28.2 Å². The number of aliphatic hydroxyl groups excluding tert-OH is 5. The summed E-state index contributed by atoms with van der Waals surface area (Å²) in [6.07, 6.45) is -14.8. The maximum atomic E-state index is 13.2. The third-order valence-corrected chi connectivity index (χ3v) is 7.78.